The van der Waals surface area contributed by atoms with Gasteiger partial charge in [-0.25, -0.2) is 8.78 Å². The lowest BCUT2D eigenvalue weighted by molar-refractivity contribution is 0.505. The minimum atomic E-state index is -0.847. The molecule has 0 aliphatic carbocycles. The maximum atomic E-state index is 12.8. The van der Waals surface area contributed by atoms with Crippen LogP contribution < -0.4 is 5.73 Å². The smallest absolute Gasteiger partial charge is 0.159 e. The molecule has 0 fully saturated rings. The Kier molecular flexibility index (Phi) is 3.39. The van der Waals surface area contributed by atoms with E-state index in [2.05, 4.69) is 15.9 Å². The van der Waals surface area contributed by atoms with Crippen molar-refractivity contribution in [2.75, 3.05) is 0 Å². The highest BCUT2D eigenvalue weighted by Gasteiger charge is 2.08. The molecule has 1 aromatic rings. The van der Waals surface area contributed by atoms with Crippen LogP contribution in [0.3, 0.4) is 0 Å². The van der Waals surface area contributed by atoms with E-state index in [9.17, 15) is 8.78 Å². The summed E-state index contributed by atoms with van der Waals surface area (Å²) in [4.78, 5) is 0. The van der Waals surface area contributed by atoms with Gasteiger partial charge >= 0.3 is 0 Å². The molecule has 1 atom stereocenters. The number of hydrogen-bond donors (Lipinski definition) is 1. The Bertz CT molecular complexity index is 313. The molecule has 0 aromatic heterocycles. The van der Waals surface area contributed by atoms with Crippen LogP contribution in [0.5, 0.6) is 0 Å². The highest BCUT2D eigenvalue weighted by molar-refractivity contribution is 9.10. The third-order valence-electron chi connectivity index (χ3n) is 1.63. The predicted octanol–water partition coefficient (Wildman–Crippen LogP) is 2.62. The van der Waals surface area contributed by atoms with E-state index in [1.807, 2.05) is 6.92 Å². The van der Waals surface area contributed by atoms with Gasteiger partial charge in [-0.15, -0.1) is 0 Å². The fourth-order valence-corrected chi connectivity index (χ4v) is 1.54. The fourth-order valence-electron chi connectivity index (χ4n) is 1.07. The van der Waals surface area contributed by atoms with Crippen LogP contribution in [0.2, 0.25) is 0 Å². The molecule has 0 unspecified atom stereocenters. The molecular weight excluding hydrogens is 240 g/mol. The lowest BCUT2D eigenvalue weighted by Gasteiger charge is -2.07. The van der Waals surface area contributed by atoms with Crippen LogP contribution in [0.15, 0.2) is 16.6 Å². The summed E-state index contributed by atoms with van der Waals surface area (Å²) in [6, 6.07) is 2.22. The molecule has 0 aliphatic heterocycles. The number of halogens is 3. The second-order valence-electron chi connectivity index (χ2n) is 3.04. The van der Waals surface area contributed by atoms with E-state index in [0.29, 0.717) is 16.5 Å². The summed E-state index contributed by atoms with van der Waals surface area (Å²) >= 11 is 3.15. The largest absolute Gasteiger partial charge is 0.328 e. The second-order valence-corrected chi connectivity index (χ2v) is 3.89. The van der Waals surface area contributed by atoms with Gasteiger partial charge in [0.05, 0.1) is 0 Å². The average molecular weight is 250 g/mol. The summed E-state index contributed by atoms with van der Waals surface area (Å²) < 4.78 is 26.0. The first kappa shape index (κ1) is 10.6. The first-order valence-electron chi connectivity index (χ1n) is 3.89. The first-order chi connectivity index (χ1) is 6.00. The summed E-state index contributed by atoms with van der Waals surface area (Å²) in [6.07, 6.45) is 0.526. The number of benzene rings is 1. The quantitative estimate of drug-likeness (QED) is 0.802. The van der Waals surface area contributed by atoms with Gasteiger partial charge in [-0.1, -0.05) is 15.9 Å². The highest BCUT2D eigenvalue weighted by Crippen LogP contribution is 2.21. The minimum absolute atomic E-state index is 0.0684. The molecule has 1 aromatic carbocycles. The van der Waals surface area contributed by atoms with E-state index in [0.717, 1.165) is 6.07 Å². The zero-order valence-electron chi connectivity index (χ0n) is 7.15. The van der Waals surface area contributed by atoms with Gasteiger partial charge in [0.1, 0.15) is 0 Å². The monoisotopic (exact) mass is 249 g/mol. The normalized spacial score (nSPS) is 13.0. The number of nitrogens with two attached hydrogens (primary N) is 1. The fraction of sp³-hybridized carbons (Fsp3) is 0.333. The molecule has 0 aliphatic rings. The van der Waals surface area contributed by atoms with Crippen LogP contribution in [0.1, 0.15) is 12.5 Å². The Labute approximate surface area is 84.1 Å². The predicted molar refractivity (Wildman–Crippen MR) is 51.4 cm³/mol. The van der Waals surface area contributed by atoms with E-state index < -0.39 is 11.6 Å². The van der Waals surface area contributed by atoms with Gasteiger partial charge in [-0.05, 0) is 31.0 Å². The van der Waals surface area contributed by atoms with Gasteiger partial charge in [0, 0.05) is 10.5 Å². The summed E-state index contributed by atoms with van der Waals surface area (Å²) in [5, 5.41) is 0. The van der Waals surface area contributed by atoms with Crippen LogP contribution in [0, 0.1) is 11.6 Å². The number of hydrogen-bond acceptors (Lipinski definition) is 1. The lowest BCUT2D eigenvalue weighted by Crippen LogP contribution is -2.18. The Balaban J connectivity index is 3.01. The Morgan fingerprint density at radius 2 is 1.92 bits per heavy atom. The Morgan fingerprint density at radius 1 is 1.38 bits per heavy atom. The van der Waals surface area contributed by atoms with E-state index >= 15 is 0 Å². The van der Waals surface area contributed by atoms with Crippen LogP contribution in [-0.2, 0) is 6.42 Å². The molecule has 2 N–H and O–H groups in total. The molecule has 0 heterocycles. The molecule has 0 spiro atoms. The molecule has 0 saturated heterocycles. The van der Waals surface area contributed by atoms with Gasteiger partial charge in [0.2, 0.25) is 0 Å². The van der Waals surface area contributed by atoms with E-state index in [4.69, 9.17) is 5.73 Å². The summed E-state index contributed by atoms with van der Waals surface area (Å²) in [6.45, 7) is 1.81. The van der Waals surface area contributed by atoms with E-state index in [1.54, 1.807) is 0 Å². The molecule has 0 bridgehead atoms. The molecule has 0 saturated carbocycles. The van der Waals surface area contributed by atoms with Crippen LogP contribution in [0.4, 0.5) is 8.78 Å². The van der Waals surface area contributed by atoms with Gasteiger partial charge in [0.15, 0.2) is 11.6 Å². The minimum Gasteiger partial charge on any atom is -0.328 e. The third-order valence-corrected chi connectivity index (χ3v) is 2.37. The average Bonchev–Trinajstić information content (AvgIpc) is 1.99. The zero-order chi connectivity index (χ0) is 10.0. The molecular formula is C9H10BrF2N. The highest BCUT2D eigenvalue weighted by atomic mass is 79.9. The molecule has 72 valence electrons. The van der Waals surface area contributed by atoms with Crippen molar-refractivity contribution in [3.63, 3.8) is 0 Å². The molecule has 0 amide bonds. The lowest BCUT2D eigenvalue weighted by atomic mass is 10.1. The van der Waals surface area contributed by atoms with Crippen LogP contribution in [0.25, 0.3) is 0 Å². The standard InChI is InChI=1S/C9H10BrF2N/c1-5(13)2-6-3-8(11)9(12)4-7(6)10/h3-5H,2,13H2,1H3/t5-/m0/s1. The van der Waals surface area contributed by atoms with Crippen LogP contribution in [-0.4, -0.2) is 6.04 Å². The van der Waals surface area contributed by atoms with Crippen LogP contribution >= 0.6 is 15.9 Å². The second kappa shape index (κ2) is 4.15. The zero-order valence-corrected chi connectivity index (χ0v) is 8.74. The van der Waals surface area contributed by atoms with Crippen molar-refractivity contribution in [2.24, 2.45) is 5.73 Å². The van der Waals surface area contributed by atoms with Crippen molar-refractivity contribution in [3.8, 4) is 0 Å². The van der Waals surface area contributed by atoms with Crippen molar-refractivity contribution in [1.29, 1.82) is 0 Å². The molecule has 1 nitrogen and oxygen atoms in total. The molecule has 13 heavy (non-hydrogen) atoms. The Hall–Kier alpha value is -0.480. The molecule has 0 radical (unpaired) electrons. The van der Waals surface area contributed by atoms with Crippen molar-refractivity contribution < 1.29 is 8.78 Å². The van der Waals surface area contributed by atoms with Crippen molar-refractivity contribution in [1.82, 2.24) is 0 Å². The maximum absolute atomic E-state index is 12.8. The Morgan fingerprint density at radius 3 is 2.46 bits per heavy atom. The summed E-state index contributed by atoms with van der Waals surface area (Å²) in [7, 11) is 0. The summed E-state index contributed by atoms with van der Waals surface area (Å²) in [5.74, 6) is -1.68. The van der Waals surface area contributed by atoms with Gasteiger partial charge in [-0.3, -0.25) is 0 Å². The third kappa shape index (κ3) is 2.74. The van der Waals surface area contributed by atoms with Gasteiger partial charge < -0.3 is 5.73 Å². The first-order valence-corrected chi connectivity index (χ1v) is 4.69. The van der Waals surface area contributed by atoms with Gasteiger partial charge in [-0.2, -0.15) is 0 Å². The van der Waals surface area contributed by atoms with Crippen molar-refractivity contribution in [3.05, 3.63) is 33.8 Å². The molecule has 4 heteroatoms. The summed E-state index contributed by atoms with van der Waals surface area (Å²) in [5.41, 5.74) is 6.23. The van der Waals surface area contributed by atoms with E-state index in [1.165, 1.54) is 6.07 Å². The van der Waals surface area contributed by atoms with Crippen molar-refractivity contribution >= 4 is 15.9 Å². The van der Waals surface area contributed by atoms with Gasteiger partial charge in [0.25, 0.3) is 0 Å². The maximum Gasteiger partial charge on any atom is 0.159 e. The van der Waals surface area contributed by atoms with Crippen molar-refractivity contribution in [2.45, 2.75) is 19.4 Å². The topological polar surface area (TPSA) is 26.0 Å². The molecule has 1 rings (SSSR count). The number of rotatable bonds is 2. The van der Waals surface area contributed by atoms with E-state index in [-0.39, 0.29) is 6.04 Å². The SMILES string of the molecule is C[C@H](N)Cc1cc(F)c(F)cc1Br.